The van der Waals surface area contributed by atoms with Gasteiger partial charge in [0.25, 0.3) is 0 Å². The van der Waals surface area contributed by atoms with Crippen molar-refractivity contribution in [2.24, 2.45) is 0 Å². The Labute approximate surface area is 146 Å². The second kappa shape index (κ2) is 6.40. The summed E-state index contributed by atoms with van der Waals surface area (Å²) >= 11 is 1.79. The smallest absolute Gasteiger partial charge is 0.227 e. The monoisotopic (exact) mass is 338 g/mol. The van der Waals surface area contributed by atoms with Crippen molar-refractivity contribution < 1.29 is 0 Å². The standard InChI is InChI=1S/C19H22N4S/c1-14(2)18-20-21-19(23(18)13-17-8-5-11-24-17)22-10-9-15-6-3-4-7-16(15)12-22/h3-8,11,14H,9-10,12-13H2,1-2H3. The highest BCUT2D eigenvalue weighted by Crippen LogP contribution is 2.27. The second-order valence-electron chi connectivity index (χ2n) is 6.62. The molecule has 0 N–H and O–H groups in total. The maximum atomic E-state index is 4.56. The van der Waals surface area contributed by atoms with Crippen molar-refractivity contribution in [2.75, 3.05) is 11.4 Å². The molecule has 0 bridgehead atoms. The Morgan fingerprint density at radius 1 is 1.08 bits per heavy atom. The molecule has 0 fully saturated rings. The molecule has 0 radical (unpaired) electrons. The van der Waals surface area contributed by atoms with Gasteiger partial charge in [0.2, 0.25) is 5.95 Å². The van der Waals surface area contributed by atoms with Gasteiger partial charge in [-0.25, -0.2) is 0 Å². The zero-order chi connectivity index (χ0) is 16.5. The summed E-state index contributed by atoms with van der Waals surface area (Å²) in [5, 5.41) is 11.2. The van der Waals surface area contributed by atoms with Crippen molar-refractivity contribution in [1.82, 2.24) is 14.8 Å². The molecular weight excluding hydrogens is 316 g/mol. The van der Waals surface area contributed by atoms with Crippen LogP contribution in [0.5, 0.6) is 0 Å². The van der Waals surface area contributed by atoms with Gasteiger partial charge in [0.1, 0.15) is 5.82 Å². The maximum absolute atomic E-state index is 4.56. The highest BCUT2D eigenvalue weighted by molar-refractivity contribution is 7.09. The molecule has 0 spiro atoms. The van der Waals surface area contributed by atoms with Crippen LogP contribution in [0.25, 0.3) is 0 Å². The number of benzene rings is 1. The highest BCUT2D eigenvalue weighted by Gasteiger charge is 2.23. The number of hydrogen-bond donors (Lipinski definition) is 0. The molecule has 0 saturated carbocycles. The van der Waals surface area contributed by atoms with Crippen LogP contribution >= 0.6 is 11.3 Å². The van der Waals surface area contributed by atoms with Gasteiger partial charge in [-0.15, -0.1) is 21.5 Å². The first-order valence-corrected chi connectivity index (χ1v) is 9.37. The molecule has 24 heavy (non-hydrogen) atoms. The van der Waals surface area contributed by atoms with E-state index in [-0.39, 0.29) is 0 Å². The van der Waals surface area contributed by atoms with Gasteiger partial charge in [-0.2, -0.15) is 0 Å². The van der Waals surface area contributed by atoms with Crippen molar-refractivity contribution in [3.05, 3.63) is 63.6 Å². The van der Waals surface area contributed by atoms with E-state index in [2.05, 4.69) is 75.3 Å². The third-order valence-corrected chi connectivity index (χ3v) is 5.44. The predicted octanol–water partition coefficient (Wildman–Crippen LogP) is 4.07. The van der Waals surface area contributed by atoms with Crippen LogP contribution in [-0.2, 0) is 19.5 Å². The van der Waals surface area contributed by atoms with Crippen LogP contribution < -0.4 is 4.90 Å². The number of nitrogens with zero attached hydrogens (tertiary/aromatic N) is 4. The fourth-order valence-corrected chi connectivity index (χ4v) is 4.04. The molecule has 124 valence electrons. The first-order valence-electron chi connectivity index (χ1n) is 8.49. The van der Waals surface area contributed by atoms with Crippen molar-refractivity contribution in [3.63, 3.8) is 0 Å². The summed E-state index contributed by atoms with van der Waals surface area (Å²) in [6, 6.07) is 13.0. The molecule has 3 aromatic rings. The van der Waals surface area contributed by atoms with Gasteiger partial charge in [-0.1, -0.05) is 44.2 Å². The minimum absolute atomic E-state index is 0.364. The van der Waals surface area contributed by atoms with Gasteiger partial charge in [-0.05, 0) is 29.0 Å². The SMILES string of the molecule is CC(C)c1nnc(N2CCc3ccccc3C2)n1Cc1cccs1. The Morgan fingerprint density at radius 3 is 2.67 bits per heavy atom. The lowest BCUT2D eigenvalue weighted by Crippen LogP contribution is -2.32. The summed E-state index contributed by atoms with van der Waals surface area (Å²) in [4.78, 5) is 3.71. The first-order chi connectivity index (χ1) is 11.7. The fourth-order valence-electron chi connectivity index (χ4n) is 3.34. The fraction of sp³-hybridized carbons (Fsp3) is 0.368. The molecule has 0 atom stereocenters. The maximum Gasteiger partial charge on any atom is 0.227 e. The molecule has 0 aliphatic carbocycles. The lowest BCUT2D eigenvalue weighted by Gasteiger charge is -2.30. The van der Waals surface area contributed by atoms with Crippen LogP contribution in [-0.4, -0.2) is 21.3 Å². The predicted molar refractivity (Wildman–Crippen MR) is 98.7 cm³/mol. The Morgan fingerprint density at radius 2 is 1.92 bits per heavy atom. The zero-order valence-corrected chi connectivity index (χ0v) is 15.0. The van der Waals surface area contributed by atoms with E-state index in [1.165, 1.54) is 16.0 Å². The number of aromatic nitrogens is 3. The van der Waals surface area contributed by atoms with Crippen molar-refractivity contribution in [2.45, 2.75) is 39.3 Å². The molecule has 5 heteroatoms. The number of thiophene rings is 1. The molecule has 1 aliphatic rings. The van der Waals surface area contributed by atoms with E-state index >= 15 is 0 Å². The van der Waals surface area contributed by atoms with Gasteiger partial charge in [0.15, 0.2) is 0 Å². The Kier molecular flexibility index (Phi) is 4.10. The van der Waals surface area contributed by atoms with E-state index in [0.717, 1.165) is 37.8 Å². The third kappa shape index (κ3) is 2.84. The molecule has 1 aromatic carbocycles. The molecule has 4 nitrogen and oxygen atoms in total. The average molecular weight is 338 g/mol. The minimum atomic E-state index is 0.364. The summed E-state index contributed by atoms with van der Waals surface area (Å²) in [6.45, 7) is 7.13. The average Bonchev–Trinajstić information content (AvgIpc) is 3.24. The molecule has 0 unspecified atom stereocenters. The second-order valence-corrected chi connectivity index (χ2v) is 7.65. The number of rotatable bonds is 4. The normalized spacial score (nSPS) is 14.2. The lowest BCUT2D eigenvalue weighted by molar-refractivity contribution is 0.639. The third-order valence-electron chi connectivity index (χ3n) is 4.58. The quantitative estimate of drug-likeness (QED) is 0.719. The van der Waals surface area contributed by atoms with Crippen molar-refractivity contribution in [3.8, 4) is 0 Å². The largest absolute Gasteiger partial charge is 0.336 e. The summed E-state index contributed by atoms with van der Waals surface area (Å²) in [7, 11) is 0. The first kappa shape index (κ1) is 15.4. The van der Waals surface area contributed by atoms with Crippen LogP contribution in [0.1, 0.15) is 41.6 Å². The van der Waals surface area contributed by atoms with Gasteiger partial charge >= 0.3 is 0 Å². The minimum Gasteiger partial charge on any atom is -0.336 e. The van der Waals surface area contributed by atoms with E-state index in [1.54, 1.807) is 11.3 Å². The summed E-state index contributed by atoms with van der Waals surface area (Å²) in [6.07, 6.45) is 1.07. The molecule has 0 amide bonds. The van der Waals surface area contributed by atoms with E-state index < -0.39 is 0 Å². The van der Waals surface area contributed by atoms with Crippen LogP contribution in [0.15, 0.2) is 41.8 Å². The van der Waals surface area contributed by atoms with Crippen molar-refractivity contribution >= 4 is 17.3 Å². The number of hydrogen-bond acceptors (Lipinski definition) is 4. The Bertz CT molecular complexity index is 820. The molecular formula is C19H22N4S. The van der Waals surface area contributed by atoms with Gasteiger partial charge in [0, 0.05) is 23.9 Å². The molecule has 2 aromatic heterocycles. The number of anilines is 1. The van der Waals surface area contributed by atoms with Gasteiger partial charge in [-0.3, -0.25) is 4.57 Å². The topological polar surface area (TPSA) is 34.0 Å². The van der Waals surface area contributed by atoms with Crippen LogP contribution in [0.3, 0.4) is 0 Å². The van der Waals surface area contributed by atoms with Crippen LogP contribution in [0.2, 0.25) is 0 Å². The zero-order valence-electron chi connectivity index (χ0n) is 14.1. The Balaban J connectivity index is 1.68. The molecule has 1 aliphatic heterocycles. The summed E-state index contributed by atoms with van der Waals surface area (Å²) in [5.74, 6) is 2.43. The Hall–Kier alpha value is -2.14. The highest BCUT2D eigenvalue weighted by atomic mass is 32.1. The van der Waals surface area contributed by atoms with Gasteiger partial charge < -0.3 is 4.90 Å². The molecule has 4 rings (SSSR count). The van der Waals surface area contributed by atoms with E-state index in [4.69, 9.17) is 0 Å². The van der Waals surface area contributed by atoms with Crippen LogP contribution in [0, 0.1) is 0 Å². The lowest BCUT2D eigenvalue weighted by atomic mass is 10.0. The van der Waals surface area contributed by atoms with Crippen LogP contribution in [0.4, 0.5) is 5.95 Å². The van der Waals surface area contributed by atoms with Gasteiger partial charge in [0.05, 0.1) is 6.54 Å². The number of fused-ring (bicyclic) bond motifs is 1. The van der Waals surface area contributed by atoms with E-state index in [0.29, 0.717) is 5.92 Å². The van der Waals surface area contributed by atoms with Crippen molar-refractivity contribution in [1.29, 1.82) is 0 Å². The molecule has 3 heterocycles. The summed E-state index contributed by atoms with van der Waals surface area (Å²) < 4.78 is 2.30. The van der Waals surface area contributed by atoms with E-state index in [1.807, 2.05) is 0 Å². The molecule has 0 saturated heterocycles. The van der Waals surface area contributed by atoms with E-state index in [9.17, 15) is 0 Å². The summed E-state index contributed by atoms with van der Waals surface area (Å²) in [5.41, 5.74) is 2.86.